The van der Waals surface area contributed by atoms with Crippen LogP contribution in [0.3, 0.4) is 0 Å². The normalized spacial score (nSPS) is 21.2. The second-order valence-electron chi connectivity index (χ2n) is 2.75. The second kappa shape index (κ2) is 3.74. The van der Waals surface area contributed by atoms with Crippen molar-refractivity contribution in [3.05, 3.63) is 11.6 Å². The lowest BCUT2D eigenvalue weighted by Gasteiger charge is -2.26. The molecule has 0 amide bonds. The number of piperidine rings is 1. The highest BCUT2D eigenvalue weighted by Gasteiger charge is 2.10. The molecule has 0 spiro atoms. The van der Waals surface area contributed by atoms with E-state index in [1.165, 1.54) is 12.8 Å². The van der Waals surface area contributed by atoms with Crippen LogP contribution in [-0.2, 0) is 0 Å². The number of nitrogens with two attached hydrogens (primary N) is 1. The van der Waals surface area contributed by atoms with Crippen molar-refractivity contribution in [2.24, 2.45) is 5.73 Å². The van der Waals surface area contributed by atoms with Gasteiger partial charge in [0.15, 0.2) is 0 Å². The minimum absolute atomic E-state index is 0.719. The number of allylic oxidation sites excluding steroid dienone is 1. The van der Waals surface area contributed by atoms with Crippen LogP contribution in [0.1, 0.15) is 19.8 Å². The van der Waals surface area contributed by atoms with Gasteiger partial charge in [0.2, 0.25) is 0 Å². The number of nitrogens with zero attached hydrogens (tertiary/aromatic N) is 1. The molecule has 10 heavy (non-hydrogen) atoms. The van der Waals surface area contributed by atoms with E-state index in [2.05, 4.69) is 17.9 Å². The van der Waals surface area contributed by atoms with Crippen molar-refractivity contribution in [1.29, 1.82) is 0 Å². The molecule has 2 heteroatoms. The van der Waals surface area contributed by atoms with Gasteiger partial charge in [-0.2, -0.15) is 0 Å². The molecule has 0 aromatic heterocycles. The van der Waals surface area contributed by atoms with E-state index in [-0.39, 0.29) is 0 Å². The monoisotopic (exact) mass is 140 g/mol. The van der Waals surface area contributed by atoms with Gasteiger partial charge in [-0.15, -0.1) is 0 Å². The topological polar surface area (TPSA) is 29.3 Å². The highest BCUT2D eigenvalue weighted by Crippen LogP contribution is 2.14. The molecule has 1 aliphatic rings. The largest absolute Gasteiger partial charge is 0.318 e. The van der Waals surface area contributed by atoms with Crippen LogP contribution in [0.2, 0.25) is 0 Å². The fraction of sp³-hybridized carbons (Fsp3) is 0.750. The Morgan fingerprint density at radius 2 is 2.10 bits per heavy atom. The molecule has 2 nitrogen and oxygen atoms in total. The van der Waals surface area contributed by atoms with Crippen molar-refractivity contribution < 1.29 is 0 Å². The SMILES string of the molecule is CC=C1CCN(CN)CC1. The van der Waals surface area contributed by atoms with E-state index in [0.717, 1.165) is 19.8 Å². The molecule has 0 aliphatic carbocycles. The summed E-state index contributed by atoms with van der Waals surface area (Å²) in [6.45, 7) is 5.14. The van der Waals surface area contributed by atoms with Gasteiger partial charge in [0.1, 0.15) is 0 Å². The summed E-state index contributed by atoms with van der Waals surface area (Å²) in [6.07, 6.45) is 4.66. The van der Waals surface area contributed by atoms with E-state index in [9.17, 15) is 0 Å². The lowest BCUT2D eigenvalue weighted by atomic mass is 10.0. The number of rotatable bonds is 1. The van der Waals surface area contributed by atoms with Gasteiger partial charge >= 0.3 is 0 Å². The Bertz CT molecular complexity index is 119. The summed E-state index contributed by atoms with van der Waals surface area (Å²) in [4.78, 5) is 2.28. The average Bonchev–Trinajstić information content (AvgIpc) is 2.05. The maximum absolute atomic E-state index is 5.50. The van der Waals surface area contributed by atoms with Gasteiger partial charge in [0, 0.05) is 19.8 Å². The number of likely N-dealkylation sites (tertiary alicyclic amines) is 1. The molecule has 58 valence electrons. The maximum atomic E-state index is 5.50. The summed E-state index contributed by atoms with van der Waals surface area (Å²) in [6, 6.07) is 0. The fourth-order valence-corrected chi connectivity index (χ4v) is 1.31. The molecule has 0 atom stereocenters. The third kappa shape index (κ3) is 1.82. The molecular weight excluding hydrogens is 124 g/mol. The molecule has 0 aromatic carbocycles. The van der Waals surface area contributed by atoms with Crippen molar-refractivity contribution in [2.75, 3.05) is 19.8 Å². The smallest absolute Gasteiger partial charge is 0.0455 e. The van der Waals surface area contributed by atoms with Crippen LogP contribution in [0.4, 0.5) is 0 Å². The molecule has 2 N–H and O–H groups in total. The molecule has 0 bridgehead atoms. The molecule has 0 aromatic rings. The Balaban J connectivity index is 2.31. The molecule has 1 fully saturated rings. The van der Waals surface area contributed by atoms with Crippen molar-refractivity contribution in [3.63, 3.8) is 0 Å². The summed E-state index contributed by atoms with van der Waals surface area (Å²) in [7, 11) is 0. The molecule has 1 heterocycles. The molecule has 1 saturated heterocycles. The quantitative estimate of drug-likeness (QED) is 0.549. The van der Waals surface area contributed by atoms with Crippen LogP contribution in [0.5, 0.6) is 0 Å². The van der Waals surface area contributed by atoms with Crippen molar-refractivity contribution in [3.8, 4) is 0 Å². The van der Waals surface area contributed by atoms with Gasteiger partial charge in [0.05, 0.1) is 0 Å². The van der Waals surface area contributed by atoms with E-state index < -0.39 is 0 Å². The summed E-state index contributed by atoms with van der Waals surface area (Å²) in [5.41, 5.74) is 7.08. The zero-order valence-corrected chi connectivity index (χ0v) is 6.64. The second-order valence-corrected chi connectivity index (χ2v) is 2.75. The van der Waals surface area contributed by atoms with Crippen LogP contribution in [0.25, 0.3) is 0 Å². The van der Waals surface area contributed by atoms with Crippen LogP contribution in [0.15, 0.2) is 11.6 Å². The Kier molecular flexibility index (Phi) is 2.90. The van der Waals surface area contributed by atoms with Gasteiger partial charge in [-0.1, -0.05) is 11.6 Å². The Morgan fingerprint density at radius 1 is 1.50 bits per heavy atom. The van der Waals surface area contributed by atoms with Crippen LogP contribution in [0, 0.1) is 0 Å². The van der Waals surface area contributed by atoms with Crippen molar-refractivity contribution >= 4 is 0 Å². The minimum atomic E-state index is 0.719. The average molecular weight is 140 g/mol. The third-order valence-electron chi connectivity index (χ3n) is 2.16. The van der Waals surface area contributed by atoms with Gasteiger partial charge in [-0.3, -0.25) is 4.90 Å². The van der Waals surface area contributed by atoms with Gasteiger partial charge < -0.3 is 5.73 Å². The van der Waals surface area contributed by atoms with Gasteiger partial charge in [-0.25, -0.2) is 0 Å². The standard InChI is InChI=1S/C8H16N2/c1-2-8-3-5-10(7-9)6-4-8/h2H,3-7,9H2,1H3. The first-order valence-electron chi connectivity index (χ1n) is 3.93. The van der Waals surface area contributed by atoms with E-state index in [0.29, 0.717) is 0 Å². The first-order valence-corrected chi connectivity index (χ1v) is 3.93. The van der Waals surface area contributed by atoms with Crippen LogP contribution >= 0.6 is 0 Å². The van der Waals surface area contributed by atoms with E-state index >= 15 is 0 Å². The predicted octanol–water partition coefficient (Wildman–Crippen LogP) is 0.945. The summed E-state index contributed by atoms with van der Waals surface area (Å²) in [5.74, 6) is 0. The number of hydrogen-bond donors (Lipinski definition) is 1. The first kappa shape index (κ1) is 7.76. The van der Waals surface area contributed by atoms with Crippen LogP contribution < -0.4 is 5.73 Å². The summed E-state index contributed by atoms with van der Waals surface area (Å²) in [5, 5.41) is 0. The van der Waals surface area contributed by atoms with Gasteiger partial charge in [-0.05, 0) is 19.8 Å². The lowest BCUT2D eigenvalue weighted by Crippen LogP contribution is -2.35. The molecule has 0 radical (unpaired) electrons. The maximum Gasteiger partial charge on any atom is 0.0455 e. The molecule has 1 rings (SSSR count). The van der Waals surface area contributed by atoms with E-state index in [1.54, 1.807) is 5.57 Å². The first-order chi connectivity index (χ1) is 4.86. The molecular formula is C8H16N2. The molecule has 0 unspecified atom stereocenters. The highest BCUT2D eigenvalue weighted by molar-refractivity contribution is 5.03. The highest BCUT2D eigenvalue weighted by atomic mass is 15.2. The minimum Gasteiger partial charge on any atom is -0.318 e. The van der Waals surface area contributed by atoms with Gasteiger partial charge in [0.25, 0.3) is 0 Å². The Labute approximate surface area is 62.7 Å². The lowest BCUT2D eigenvalue weighted by molar-refractivity contribution is 0.263. The van der Waals surface area contributed by atoms with Crippen molar-refractivity contribution in [1.82, 2.24) is 4.90 Å². The van der Waals surface area contributed by atoms with E-state index in [4.69, 9.17) is 5.73 Å². The Hall–Kier alpha value is -0.340. The van der Waals surface area contributed by atoms with Crippen molar-refractivity contribution in [2.45, 2.75) is 19.8 Å². The third-order valence-corrected chi connectivity index (χ3v) is 2.16. The van der Waals surface area contributed by atoms with Crippen LogP contribution in [-0.4, -0.2) is 24.7 Å². The zero-order valence-electron chi connectivity index (χ0n) is 6.64. The Morgan fingerprint density at radius 3 is 2.50 bits per heavy atom. The van der Waals surface area contributed by atoms with E-state index in [1.807, 2.05) is 0 Å². The fourth-order valence-electron chi connectivity index (χ4n) is 1.31. The zero-order chi connectivity index (χ0) is 7.40. The molecule has 0 saturated carbocycles. The summed E-state index contributed by atoms with van der Waals surface area (Å²) >= 11 is 0. The number of hydrogen-bond acceptors (Lipinski definition) is 2. The predicted molar refractivity (Wildman–Crippen MR) is 43.6 cm³/mol. The molecule has 1 aliphatic heterocycles. The summed E-state index contributed by atoms with van der Waals surface area (Å²) < 4.78 is 0.